The SMILES string of the molecule is c1ccc2c(c1)c1ccccc1c1cc(-c3ncnc(-n4c5ccccc5c5cnccc54)n3)ccc21. The van der Waals surface area contributed by atoms with Gasteiger partial charge in [0.25, 0.3) is 0 Å². The fraction of sp³-hybridized carbons (Fsp3) is 0. The van der Waals surface area contributed by atoms with Crippen LogP contribution in [0.5, 0.6) is 0 Å². The molecule has 0 N–H and O–H groups in total. The molecule has 0 bridgehead atoms. The molecule has 172 valence electrons. The summed E-state index contributed by atoms with van der Waals surface area (Å²) in [6, 6.07) is 34.0. The van der Waals surface area contributed by atoms with E-state index in [0.717, 1.165) is 27.4 Å². The van der Waals surface area contributed by atoms with Crippen LogP contribution in [0.3, 0.4) is 0 Å². The third kappa shape index (κ3) is 2.91. The number of pyridine rings is 1. The second-order valence-electron chi connectivity index (χ2n) is 9.21. The summed E-state index contributed by atoms with van der Waals surface area (Å²) < 4.78 is 2.08. The second kappa shape index (κ2) is 7.67. The van der Waals surface area contributed by atoms with Gasteiger partial charge in [-0.15, -0.1) is 0 Å². The summed E-state index contributed by atoms with van der Waals surface area (Å²) in [5.74, 6) is 1.23. The number of hydrogen-bond acceptors (Lipinski definition) is 4. The van der Waals surface area contributed by atoms with E-state index in [0.29, 0.717) is 11.8 Å². The van der Waals surface area contributed by atoms with E-state index in [1.807, 2.05) is 24.4 Å². The fourth-order valence-corrected chi connectivity index (χ4v) is 5.61. The molecule has 37 heavy (non-hydrogen) atoms. The molecule has 0 saturated heterocycles. The molecule has 5 nitrogen and oxygen atoms in total. The zero-order chi connectivity index (χ0) is 24.3. The van der Waals surface area contributed by atoms with Crippen LogP contribution in [0.15, 0.2) is 116 Å². The van der Waals surface area contributed by atoms with Gasteiger partial charge < -0.3 is 0 Å². The number of hydrogen-bond donors (Lipinski definition) is 0. The van der Waals surface area contributed by atoms with Crippen LogP contribution in [0.25, 0.3) is 71.5 Å². The van der Waals surface area contributed by atoms with E-state index in [4.69, 9.17) is 4.98 Å². The van der Waals surface area contributed by atoms with Crippen molar-refractivity contribution in [2.24, 2.45) is 0 Å². The summed E-state index contributed by atoms with van der Waals surface area (Å²) in [5, 5.41) is 9.60. The molecule has 3 aromatic heterocycles. The molecule has 0 unspecified atom stereocenters. The predicted molar refractivity (Wildman–Crippen MR) is 150 cm³/mol. The van der Waals surface area contributed by atoms with Crippen LogP contribution in [0.1, 0.15) is 0 Å². The van der Waals surface area contributed by atoms with Gasteiger partial charge >= 0.3 is 0 Å². The highest BCUT2D eigenvalue weighted by atomic mass is 15.2. The zero-order valence-corrected chi connectivity index (χ0v) is 19.7. The predicted octanol–water partition coefficient (Wildman–Crippen LogP) is 7.49. The minimum absolute atomic E-state index is 0.589. The summed E-state index contributed by atoms with van der Waals surface area (Å²) in [6.07, 6.45) is 5.30. The highest BCUT2D eigenvalue weighted by Gasteiger charge is 2.16. The summed E-state index contributed by atoms with van der Waals surface area (Å²) in [5.41, 5.74) is 3.02. The first-order valence-corrected chi connectivity index (χ1v) is 12.2. The Bertz CT molecular complexity index is 2070. The zero-order valence-electron chi connectivity index (χ0n) is 19.7. The Kier molecular flexibility index (Phi) is 4.16. The molecule has 0 fully saturated rings. The van der Waals surface area contributed by atoms with Gasteiger partial charge in [0, 0.05) is 28.7 Å². The van der Waals surface area contributed by atoms with Crippen LogP contribution in [0.4, 0.5) is 0 Å². The molecular formula is C32H19N5. The van der Waals surface area contributed by atoms with Crippen LogP contribution in [0.2, 0.25) is 0 Å². The van der Waals surface area contributed by atoms with E-state index in [1.54, 1.807) is 12.5 Å². The standard InChI is InChI=1S/C32H19N5/c1-2-9-23-21(7-1)22-8-3-4-10-24(22)27-17-20(13-14-25(23)27)31-34-19-35-32(36-31)37-29-12-6-5-11-26(29)28-18-33-16-15-30(28)37/h1-19H. The Labute approximate surface area is 211 Å². The van der Waals surface area contributed by atoms with E-state index in [2.05, 4.69) is 98.4 Å². The van der Waals surface area contributed by atoms with E-state index >= 15 is 0 Å². The van der Waals surface area contributed by atoms with Gasteiger partial charge in [-0.1, -0.05) is 78.9 Å². The van der Waals surface area contributed by atoms with E-state index < -0.39 is 0 Å². The molecule has 0 aliphatic heterocycles. The van der Waals surface area contributed by atoms with Crippen molar-refractivity contribution in [3.63, 3.8) is 0 Å². The molecule has 0 aliphatic rings. The van der Waals surface area contributed by atoms with Gasteiger partial charge in [0.2, 0.25) is 5.95 Å². The molecule has 3 heterocycles. The lowest BCUT2D eigenvalue weighted by molar-refractivity contribution is 0.946. The third-order valence-electron chi connectivity index (χ3n) is 7.24. The van der Waals surface area contributed by atoms with E-state index in [9.17, 15) is 0 Å². The first-order valence-electron chi connectivity index (χ1n) is 12.2. The highest BCUT2D eigenvalue weighted by molar-refractivity contribution is 6.25. The number of para-hydroxylation sites is 1. The molecule has 0 atom stereocenters. The van der Waals surface area contributed by atoms with Crippen molar-refractivity contribution in [1.29, 1.82) is 0 Å². The summed E-state index contributed by atoms with van der Waals surface area (Å²) in [7, 11) is 0. The Balaban J connectivity index is 1.38. The average Bonchev–Trinajstić information content (AvgIpc) is 3.32. The lowest BCUT2D eigenvalue weighted by Crippen LogP contribution is -2.03. The monoisotopic (exact) mass is 473 g/mol. The Hall–Kier alpha value is -5.16. The maximum absolute atomic E-state index is 4.96. The van der Waals surface area contributed by atoms with Gasteiger partial charge in [-0.2, -0.15) is 4.98 Å². The van der Waals surface area contributed by atoms with Crippen LogP contribution in [0, 0.1) is 0 Å². The average molecular weight is 474 g/mol. The lowest BCUT2D eigenvalue weighted by atomic mass is 9.93. The molecule has 0 radical (unpaired) electrons. The molecular weight excluding hydrogens is 454 g/mol. The van der Waals surface area contributed by atoms with Gasteiger partial charge in [0.15, 0.2) is 5.82 Å². The van der Waals surface area contributed by atoms with E-state index in [-0.39, 0.29) is 0 Å². The first-order chi connectivity index (χ1) is 18.4. The largest absolute Gasteiger partial charge is 0.278 e. The van der Waals surface area contributed by atoms with Gasteiger partial charge in [0.1, 0.15) is 6.33 Å². The Morgan fingerprint density at radius 2 is 1.14 bits per heavy atom. The molecule has 0 aliphatic carbocycles. The number of aromatic nitrogens is 5. The molecule has 0 amide bonds. The molecule has 8 aromatic rings. The third-order valence-corrected chi connectivity index (χ3v) is 7.24. The van der Waals surface area contributed by atoms with Crippen molar-refractivity contribution in [3.8, 4) is 17.3 Å². The van der Waals surface area contributed by atoms with Crippen LogP contribution in [-0.4, -0.2) is 24.5 Å². The number of nitrogens with zero attached hydrogens (tertiary/aromatic N) is 5. The highest BCUT2D eigenvalue weighted by Crippen LogP contribution is 2.37. The van der Waals surface area contributed by atoms with Crippen molar-refractivity contribution < 1.29 is 0 Å². The minimum Gasteiger partial charge on any atom is -0.278 e. The second-order valence-corrected chi connectivity index (χ2v) is 9.21. The van der Waals surface area contributed by atoms with Gasteiger partial charge in [-0.05, 0) is 50.5 Å². The Morgan fingerprint density at radius 3 is 1.89 bits per heavy atom. The van der Waals surface area contributed by atoms with E-state index in [1.165, 1.54) is 32.3 Å². The van der Waals surface area contributed by atoms with Gasteiger partial charge in [0.05, 0.1) is 11.0 Å². The molecule has 5 heteroatoms. The van der Waals surface area contributed by atoms with Gasteiger partial charge in [-0.25, -0.2) is 9.97 Å². The smallest absolute Gasteiger partial charge is 0.238 e. The quantitative estimate of drug-likeness (QED) is 0.244. The maximum atomic E-state index is 4.96. The molecule has 8 rings (SSSR count). The number of fused-ring (bicyclic) bond motifs is 9. The van der Waals surface area contributed by atoms with Crippen molar-refractivity contribution in [1.82, 2.24) is 24.5 Å². The van der Waals surface area contributed by atoms with Crippen molar-refractivity contribution in [2.45, 2.75) is 0 Å². The first kappa shape index (κ1) is 20.1. The molecule has 0 saturated carbocycles. The summed E-state index contributed by atoms with van der Waals surface area (Å²) >= 11 is 0. The van der Waals surface area contributed by atoms with Crippen molar-refractivity contribution in [2.75, 3.05) is 0 Å². The fourth-order valence-electron chi connectivity index (χ4n) is 5.61. The summed E-state index contributed by atoms with van der Waals surface area (Å²) in [4.78, 5) is 18.5. The maximum Gasteiger partial charge on any atom is 0.238 e. The van der Waals surface area contributed by atoms with Crippen LogP contribution in [-0.2, 0) is 0 Å². The molecule has 5 aromatic carbocycles. The lowest BCUT2D eigenvalue weighted by Gasteiger charge is -2.12. The minimum atomic E-state index is 0.589. The van der Waals surface area contributed by atoms with Crippen molar-refractivity contribution in [3.05, 3.63) is 116 Å². The molecule has 0 spiro atoms. The number of rotatable bonds is 2. The van der Waals surface area contributed by atoms with Crippen LogP contribution < -0.4 is 0 Å². The normalized spacial score (nSPS) is 11.8. The topological polar surface area (TPSA) is 56.5 Å². The van der Waals surface area contributed by atoms with Crippen molar-refractivity contribution >= 4 is 54.1 Å². The number of benzene rings is 5. The Morgan fingerprint density at radius 1 is 0.514 bits per heavy atom. The summed E-state index contributed by atoms with van der Waals surface area (Å²) in [6.45, 7) is 0. The van der Waals surface area contributed by atoms with Crippen LogP contribution >= 0.6 is 0 Å². The van der Waals surface area contributed by atoms with Gasteiger partial charge in [-0.3, -0.25) is 9.55 Å².